The Labute approximate surface area is 176 Å². The van der Waals surface area contributed by atoms with Crippen LogP contribution in [-0.2, 0) is 12.8 Å². The molecule has 0 saturated carbocycles. The largest absolute Gasteiger partial charge is 0.493 e. The topological polar surface area (TPSA) is 81.3 Å². The van der Waals surface area contributed by atoms with E-state index >= 15 is 0 Å². The average Bonchev–Trinajstić information content (AvgIpc) is 3.09. The lowest BCUT2D eigenvalue weighted by molar-refractivity contribution is 0.102. The number of ketones is 1. The van der Waals surface area contributed by atoms with Crippen molar-refractivity contribution in [2.45, 2.75) is 31.3 Å². The number of benzene rings is 1. The van der Waals surface area contributed by atoms with Crippen LogP contribution < -0.4 is 15.0 Å². The highest BCUT2D eigenvalue weighted by Crippen LogP contribution is 2.36. The van der Waals surface area contributed by atoms with Crippen LogP contribution in [0.5, 0.6) is 11.5 Å². The van der Waals surface area contributed by atoms with E-state index in [9.17, 15) is 9.59 Å². The number of thiophene rings is 1. The van der Waals surface area contributed by atoms with Gasteiger partial charge in [0, 0.05) is 10.4 Å². The van der Waals surface area contributed by atoms with Gasteiger partial charge in [0.05, 0.1) is 25.4 Å². The molecule has 1 aliphatic rings. The van der Waals surface area contributed by atoms with E-state index in [0.717, 1.165) is 35.0 Å². The van der Waals surface area contributed by atoms with Crippen LogP contribution in [-0.4, -0.2) is 35.7 Å². The SMILES string of the molecule is COc1ccc(C(=O)CSc2nc3sc4c(c3c(=O)[nH]2)CCC(C)C4)cc1OC. The Kier molecular flexibility index (Phi) is 5.65. The van der Waals surface area contributed by atoms with Gasteiger partial charge in [0.2, 0.25) is 0 Å². The number of H-pyrrole nitrogens is 1. The first-order valence-electron chi connectivity index (χ1n) is 9.42. The summed E-state index contributed by atoms with van der Waals surface area (Å²) in [4.78, 5) is 34.8. The van der Waals surface area contributed by atoms with Crippen molar-refractivity contribution in [2.75, 3.05) is 20.0 Å². The first-order chi connectivity index (χ1) is 14.0. The standard InChI is InChI=1S/C21H22N2O4S2/c1-11-4-6-13-17(8-11)29-20-18(13)19(25)22-21(23-20)28-10-14(24)12-5-7-15(26-2)16(9-12)27-3/h5,7,9,11H,4,6,8,10H2,1-3H3,(H,22,23,25). The number of hydrogen-bond donors (Lipinski definition) is 1. The Balaban J connectivity index is 1.54. The zero-order valence-corrected chi connectivity index (χ0v) is 18.2. The van der Waals surface area contributed by atoms with Gasteiger partial charge in [-0.3, -0.25) is 9.59 Å². The van der Waals surface area contributed by atoms with Crippen molar-refractivity contribution in [1.82, 2.24) is 9.97 Å². The van der Waals surface area contributed by atoms with Crippen molar-refractivity contribution in [3.05, 3.63) is 44.6 Å². The van der Waals surface area contributed by atoms with E-state index in [4.69, 9.17) is 9.47 Å². The van der Waals surface area contributed by atoms with Crippen molar-refractivity contribution in [3.63, 3.8) is 0 Å². The highest BCUT2D eigenvalue weighted by atomic mass is 32.2. The molecule has 29 heavy (non-hydrogen) atoms. The lowest BCUT2D eigenvalue weighted by Gasteiger charge is -2.17. The van der Waals surface area contributed by atoms with Crippen molar-refractivity contribution < 1.29 is 14.3 Å². The van der Waals surface area contributed by atoms with Crippen molar-refractivity contribution in [3.8, 4) is 11.5 Å². The molecule has 0 bridgehead atoms. The maximum atomic E-state index is 12.7. The summed E-state index contributed by atoms with van der Waals surface area (Å²) in [5, 5.41) is 1.20. The van der Waals surface area contributed by atoms with Gasteiger partial charge in [-0.15, -0.1) is 11.3 Å². The summed E-state index contributed by atoms with van der Waals surface area (Å²) >= 11 is 2.85. The zero-order valence-electron chi connectivity index (χ0n) is 16.5. The summed E-state index contributed by atoms with van der Waals surface area (Å²) in [6, 6.07) is 5.08. The molecule has 3 aromatic rings. The monoisotopic (exact) mass is 430 g/mol. The molecule has 6 nitrogen and oxygen atoms in total. The van der Waals surface area contributed by atoms with Gasteiger partial charge in [-0.2, -0.15) is 0 Å². The van der Waals surface area contributed by atoms with Crippen LogP contribution in [0.25, 0.3) is 10.2 Å². The van der Waals surface area contributed by atoms with Crippen molar-refractivity contribution in [2.24, 2.45) is 5.92 Å². The fourth-order valence-corrected chi connectivity index (χ4v) is 5.82. The number of methoxy groups -OCH3 is 2. The molecule has 1 unspecified atom stereocenters. The van der Waals surface area contributed by atoms with Crippen molar-refractivity contribution in [1.29, 1.82) is 0 Å². The second kappa shape index (κ2) is 8.20. The van der Waals surface area contributed by atoms with Crippen LogP contribution in [0.3, 0.4) is 0 Å². The number of carbonyl (C=O) groups is 1. The molecular formula is C21H22N2O4S2. The third-order valence-corrected chi connectivity index (χ3v) is 7.21. The molecule has 4 rings (SSSR count). The fraction of sp³-hybridized carbons (Fsp3) is 0.381. The molecule has 0 amide bonds. The number of aromatic amines is 1. The molecule has 2 aromatic heterocycles. The summed E-state index contributed by atoms with van der Waals surface area (Å²) in [6.45, 7) is 2.24. The summed E-state index contributed by atoms with van der Waals surface area (Å²) in [5.74, 6) is 1.82. The number of nitrogens with one attached hydrogen (secondary N) is 1. The van der Waals surface area contributed by atoms with E-state index in [-0.39, 0.29) is 17.1 Å². The molecule has 0 fully saturated rings. The molecule has 0 radical (unpaired) electrons. The van der Waals surface area contributed by atoms with Gasteiger partial charge in [0.25, 0.3) is 5.56 Å². The van der Waals surface area contributed by atoms with Crippen LogP contribution in [0, 0.1) is 5.92 Å². The predicted molar refractivity (Wildman–Crippen MR) is 116 cm³/mol. The van der Waals surface area contributed by atoms with Crippen LogP contribution in [0.4, 0.5) is 0 Å². The van der Waals surface area contributed by atoms with Gasteiger partial charge in [-0.1, -0.05) is 18.7 Å². The average molecular weight is 431 g/mol. The second-order valence-electron chi connectivity index (χ2n) is 7.18. The molecule has 8 heteroatoms. The van der Waals surface area contributed by atoms with Crippen LogP contribution in [0.1, 0.15) is 34.1 Å². The van der Waals surface area contributed by atoms with Gasteiger partial charge >= 0.3 is 0 Å². The highest BCUT2D eigenvalue weighted by molar-refractivity contribution is 7.99. The smallest absolute Gasteiger partial charge is 0.260 e. The number of Topliss-reactive ketones (excluding diaryl/α,β-unsaturated/α-hetero) is 1. The van der Waals surface area contributed by atoms with Gasteiger partial charge in [0.15, 0.2) is 22.4 Å². The first kappa shape index (κ1) is 20.0. The van der Waals surface area contributed by atoms with E-state index in [1.807, 2.05) is 0 Å². The van der Waals surface area contributed by atoms with E-state index in [1.54, 1.807) is 36.6 Å². The minimum Gasteiger partial charge on any atom is -0.493 e. The fourth-order valence-electron chi connectivity index (χ4n) is 3.62. The molecular weight excluding hydrogens is 408 g/mol. The Morgan fingerprint density at radius 1 is 1.31 bits per heavy atom. The molecule has 152 valence electrons. The Morgan fingerprint density at radius 3 is 2.86 bits per heavy atom. The van der Waals surface area contributed by atoms with E-state index in [1.165, 1.54) is 23.7 Å². The third kappa shape index (κ3) is 3.91. The van der Waals surface area contributed by atoms with Gasteiger partial charge in [0.1, 0.15) is 4.83 Å². The number of rotatable bonds is 6. The first-order valence-corrected chi connectivity index (χ1v) is 11.2. The molecule has 1 aliphatic carbocycles. The number of fused-ring (bicyclic) bond motifs is 3. The Morgan fingerprint density at radius 2 is 2.10 bits per heavy atom. The quantitative estimate of drug-likeness (QED) is 0.360. The van der Waals surface area contributed by atoms with Gasteiger partial charge in [-0.25, -0.2) is 4.98 Å². The number of nitrogens with zero attached hydrogens (tertiary/aromatic N) is 1. The number of aromatic nitrogens is 2. The minimum atomic E-state index is -0.108. The number of ether oxygens (including phenoxy) is 2. The van der Waals surface area contributed by atoms with E-state index in [2.05, 4.69) is 16.9 Å². The van der Waals surface area contributed by atoms with E-state index in [0.29, 0.717) is 28.1 Å². The Hall–Kier alpha value is -2.32. The zero-order chi connectivity index (χ0) is 20.5. The normalized spacial score (nSPS) is 15.9. The maximum absolute atomic E-state index is 12.7. The van der Waals surface area contributed by atoms with Crippen LogP contribution in [0.2, 0.25) is 0 Å². The lowest BCUT2D eigenvalue weighted by atomic mass is 9.89. The number of thioether (sulfide) groups is 1. The molecule has 1 N–H and O–H groups in total. The van der Waals surface area contributed by atoms with Crippen LogP contribution in [0.15, 0.2) is 28.2 Å². The Bertz CT molecular complexity index is 1140. The molecule has 2 heterocycles. The second-order valence-corrected chi connectivity index (χ2v) is 9.23. The third-order valence-electron chi connectivity index (χ3n) is 5.19. The molecule has 0 spiro atoms. The summed E-state index contributed by atoms with van der Waals surface area (Å²) < 4.78 is 10.5. The van der Waals surface area contributed by atoms with E-state index < -0.39 is 0 Å². The highest BCUT2D eigenvalue weighted by Gasteiger charge is 2.23. The molecule has 0 saturated heterocycles. The summed E-state index contributed by atoms with van der Waals surface area (Å²) in [5.41, 5.74) is 1.58. The number of carbonyl (C=O) groups excluding carboxylic acids is 1. The van der Waals surface area contributed by atoms with Crippen molar-refractivity contribution >= 4 is 39.1 Å². The molecule has 1 atom stereocenters. The van der Waals surface area contributed by atoms with Crippen LogP contribution >= 0.6 is 23.1 Å². The number of hydrogen-bond acceptors (Lipinski definition) is 7. The maximum Gasteiger partial charge on any atom is 0.260 e. The lowest BCUT2D eigenvalue weighted by Crippen LogP contribution is -2.14. The summed E-state index contributed by atoms with van der Waals surface area (Å²) in [6.07, 6.45) is 3.05. The predicted octanol–water partition coefficient (Wildman–Crippen LogP) is 4.10. The number of aryl methyl sites for hydroxylation is 1. The van der Waals surface area contributed by atoms with Gasteiger partial charge in [-0.05, 0) is 48.9 Å². The molecule has 1 aromatic carbocycles. The summed E-state index contributed by atoms with van der Waals surface area (Å²) in [7, 11) is 3.09. The minimum absolute atomic E-state index is 0.0713. The van der Waals surface area contributed by atoms with Gasteiger partial charge < -0.3 is 14.5 Å². The molecule has 0 aliphatic heterocycles.